The third-order valence-electron chi connectivity index (χ3n) is 12.6. The van der Waals surface area contributed by atoms with Crippen molar-refractivity contribution in [2.45, 2.75) is 6.92 Å². The molecule has 2 heterocycles. The second kappa shape index (κ2) is 13.3. The number of para-hydroxylation sites is 3. The van der Waals surface area contributed by atoms with E-state index < -0.39 is 0 Å². The Morgan fingerprint density at radius 3 is 1.60 bits per heavy atom. The largest absolute Gasteiger partial charge is 0.398 e. The summed E-state index contributed by atoms with van der Waals surface area (Å²) in [4.78, 5) is 0. The third-order valence-corrected chi connectivity index (χ3v) is 12.6. The molecule has 0 saturated heterocycles. The number of hydrogen-bond acceptors (Lipinski definition) is 1. The molecule has 11 aromatic rings. The van der Waals surface area contributed by atoms with Gasteiger partial charge in [0.05, 0.1) is 22.1 Å². The van der Waals surface area contributed by atoms with Gasteiger partial charge in [-0.3, -0.25) is 0 Å². The van der Waals surface area contributed by atoms with Crippen LogP contribution in [0.1, 0.15) is 22.3 Å². The molecule has 0 spiro atoms. The lowest BCUT2D eigenvalue weighted by atomic mass is 9.93. The molecular formula is C57H39N3. The van der Waals surface area contributed by atoms with Crippen LogP contribution in [0.2, 0.25) is 0 Å². The number of benzene rings is 9. The topological polar surface area (TPSA) is 35.9 Å². The highest BCUT2D eigenvalue weighted by atomic mass is 15.0. The quantitative estimate of drug-likeness (QED) is 0.186. The molecular weight excluding hydrogens is 727 g/mol. The molecule has 9 aromatic carbocycles. The fourth-order valence-electron chi connectivity index (χ4n) is 9.83. The van der Waals surface area contributed by atoms with Gasteiger partial charge in [0, 0.05) is 44.2 Å². The Bertz CT molecular complexity index is 3550. The number of nitrogens with zero attached hydrogens (tertiary/aromatic N) is 2. The fourth-order valence-corrected chi connectivity index (χ4v) is 9.83. The summed E-state index contributed by atoms with van der Waals surface area (Å²) in [5.41, 5.74) is 28.0. The molecule has 0 aliphatic heterocycles. The van der Waals surface area contributed by atoms with E-state index in [9.17, 15) is 0 Å². The average Bonchev–Trinajstić information content (AvgIpc) is 3.95. The summed E-state index contributed by atoms with van der Waals surface area (Å²) < 4.78 is 4.78. The molecule has 1 aliphatic carbocycles. The van der Waals surface area contributed by atoms with E-state index in [-0.39, 0.29) is 0 Å². The highest BCUT2D eigenvalue weighted by Crippen LogP contribution is 2.48. The van der Waals surface area contributed by atoms with Crippen LogP contribution in [0.4, 0.5) is 0 Å². The van der Waals surface area contributed by atoms with Crippen LogP contribution < -0.4 is 5.73 Å². The van der Waals surface area contributed by atoms with E-state index in [0.29, 0.717) is 0 Å². The van der Waals surface area contributed by atoms with Crippen molar-refractivity contribution in [3.8, 4) is 44.8 Å². The molecule has 3 nitrogen and oxygen atoms in total. The van der Waals surface area contributed by atoms with E-state index in [1.54, 1.807) is 0 Å². The second-order valence-corrected chi connectivity index (χ2v) is 16.0. The van der Waals surface area contributed by atoms with Gasteiger partial charge in [-0.2, -0.15) is 0 Å². The van der Waals surface area contributed by atoms with E-state index in [0.717, 1.165) is 33.6 Å². The Morgan fingerprint density at radius 2 is 0.883 bits per heavy atom. The van der Waals surface area contributed by atoms with Crippen LogP contribution in [-0.2, 0) is 0 Å². The maximum Gasteiger partial charge on any atom is 0.0547 e. The van der Waals surface area contributed by atoms with Crippen LogP contribution in [0.5, 0.6) is 0 Å². The molecule has 0 amide bonds. The van der Waals surface area contributed by atoms with Crippen LogP contribution in [0.3, 0.4) is 0 Å². The smallest absolute Gasteiger partial charge is 0.0547 e. The number of aryl methyl sites for hydroxylation is 1. The van der Waals surface area contributed by atoms with Crippen molar-refractivity contribution in [1.82, 2.24) is 9.13 Å². The summed E-state index contributed by atoms with van der Waals surface area (Å²) in [6, 6.07) is 74.8. The van der Waals surface area contributed by atoms with Gasteiger partial charge in [0.25, 0.3) is 0 Å². The number of rotatable bonds is 5. The molecule has 0 saturated carbocycles. The minimum absolute atomic E-state index is 0.798. The van der Waals surface area contributed by atoms with Crippen molar-refractivity contribution >= 4 is 54.9 Å². The predicted octanol–water partition coefficient (Wildman–Crippen LogP) is 14.4. The Morgan fingerprint density at radius 1 is 0.367 bits per heavy atom. The molecule has 1 aliphatic rings. The standard InChI is InChI=1S/C57H39N3/c1-36-14-12-24-47-44-21-8-9-23-48(44)56(55(36)47)57(58)41-16-13-15-37(32-41)40-26-29-46-50-34-39(28-31-53(50)60(54(46)35-40)43-19-6-3-7-20-43)38-27-30-52-49(33-38)45-22-10-11-25-51(45)59(52)42-17-4-2-5-18-42/h2-35H,58H2,1H3/b57-56-. The average molecular weight is 766 g/mol. The van der Waals surface area contributed by atoms with Crippen molar-refractivity contribution in [3.63, 3.8) is 0 Å². The van der Waals surface area contributed by atoms with Crippen molar-refractivity contribution in [3.05, 3.63) is 229 Å². The minimum Gasteiger partial charge on any atom is -0.398 e. The number of hydrogen-bond donors (Lipinski definition) is 1. The minimum atomic E-state index is 0.798. The van der Waals surface area contributed by atoms with Gasteiger partial charge in [0.2, 0.25) is 0 Å². The molecule has 282 valence electrons. The van der Waals surface area contributed by atoms with Gasteiger partial charge in [-0.1, -0.05) is 140 Å². The molecule has 0 bridgehead atoms. The van der Waals surface area contributed by atoms with Gasteiger partial charge < -0.3 is 14.9 Å². The number of nitrogens with two attached hydrogens (primary N) is 1. The lowest BCUT2D eigenvalue weighted by molar-refractivity contribution is 1.18. The van der Waals surface area contributed by atoms with E-state index in [2.05, 4.69) is 222 Å². The lowest BCUT2D eigenvalue weighted by Gasteiger charge is -2.13. The van der Waals surface area contributed by atoms with Crippen molar-refractivity contribution < 1.29 is 0 Å². The Kier molecular flexibility index (Phi) is 7.60. The first-order valence-electron chi connectivity index (χ1n) is 20.6. The van der Waals surface area contributed by atoms with Gasteiger partial charge in [-0.15, -0.1) is 0 Å². The van der Waals surface area contributed by atoms with E-state index in [1.807, 2.05) is 0 Å². The van der Waals surface area contributed by atoms with E-state index in [4.69, 9.17) is 5.73 Å². The first-order valence-corrected chi connectivity index (χ1v) is 20.6. The third kappa shape index (κ3) is 5.16. The van der Waals surface area contributed by atoms with Crippen molar-refractivity contribution in [2.75, 3.05) is 0 Å². The highest BCUT2D eigenvalue weighted by Gasteiger charge is 2.27. The predicted molar refractivity (Wildman–Crippen MR) is 253 cm³/mol. The highest BCUT2D eigenvalue weighted by molar-refractivity contribution is 6.14. The summed E-state index contributed by atoms with van der Waals surface area (Å²) in [7, 11) is 0. The number of fused-ring (bicyclic) bond motifs is 9. The molecule has 2 aromatic heterocycles. The molecule has 60 heavy (non-hydrogen) atoms. The van der Waals surface area contributed by atoms with E-state index >= 15 is 0 Å². The zero-order valence-electron chi connectivity index (χ0n) is 33.1. The zero-order valence-corrected chi connectivity index (χ0v) is 33.1. The van der Waals surface area contributed by atoms with E-state index in [1.165, 1.54) is 88.2 Å². The maximum absolute atomic E-state index is 7.21. The van der Waals surface area contributed by atoms with Gasteiger partial charge in [0.15, 0.2) is 0 Å². The fraction of sp³-hybridized carbons (Fsp3) is 0.0175. The molecule has 0 atom stereocenters. The summed E-state index contributed by atoms with van der Waals surface area (Å²) in [6.45, 7) is 2.18. The SMILES string of the molecule is Cc1cccc2c1/C(=C(\N)c1cccc(-c3ccc4c5cc(-c6ccc7c(c6)c6ccccc6n7-c6ccccc6)ccc5n(-c5ccccc5)c4c3)c1)c1ccccc1-2. The molecule has 2 N–H and O–H groups in total. The Labute approximate surface area is 348 Å². The van der Waals surface area contributed by atoms with Gasteiger partial charge in [-0.25, -0.2) is 0 Å². The Hall–Kier alpha value is -7.88. The number of aromatic nitrogens is 2. The lowest BCUT2D eigenvalue weighted by Crippen LogP contribution is -2.02. The summed E-state index contributed by atoms with van der Waals surface area (Å²) in [6.07, 6.45) is 0. The Balaban J connectivity index is 1.00. The van der Waals surface area contributed by atoms with Crippen LogP contribution in [-0.4, -0.2) is 9.13 Å². The van der Waals surface area contributed by atoms with Crippen molar-refractivity contribution in [1.29, 1.82) is 0 Å². The molecule has 0 unspecified atom stereocenters. The van der Waals surface area contributed by atoms with Crippen molar-refractivity contribution in [2.24, 2.45) is 5.73 Å². The molecule has 12 rings (SSSR count). The molecule has 3 heteroatoms. The van der Waals surface area contributed by atoms with Crippen LogP contribution >= 0.6 is 0 Å². The second-order valence-electron chi connectivity index (χ2n) is 16.0. The van der Waals surface area contributed by atoms with Gasteiger partial charge in [-0.05, 0) is 129 Å². The normalized spacial score (nSPS) is 13.0. The summed E-state index contributed by atoms with van der Waals surface area (Å²) in [5.74, 6) is 0. The van der Waals surface area contributed by atoms with Crippen LogP contribution in [0.25, 0.3) is 99.6 Å². The monoisotopic (exact) mass is 765 g/mol. The van der Waals surface area contributed by atoms with Crippen LogP contribution in [0, 0.1) is 6.92 Å². The zero-order chi connectivity index (χ0) is 39.9. The summed E-state index contributed by atoms with van der Waals surface area (Å²) >= 11 is 0. The van der Waals surface area contributed by atoms with Gasteiger partial charge >= 0.3 is 0 Å². The van der Waals surface area contributed by atoms with Gasteiger partial charge in [0.1, 0.15) is 0 Å². The first kappa shape index (κ1) is 34.2. The first-order chi connectivity index (χ1) is 29.6. The molecule has 0 radical (unpaired) electrons. The molecule has 0 fully saturated rings. The maximum atomic E-state index is 7.21. The van der Waals surface area contributed by atoms with Crippen LogP contribution in [0.15, 0.2) is 206 Å². The summed E-state index contributed by atoms with van der Waals surface area (Å²) in [5, 5.41) is 4.94.